The van der Waals surface area contributed by atoms with Crippen LogP contribution < -0.4 is 0 Å². The zero-order valence-electron chi connectivity index (χ0n) is 11.9. The molecule has 2 atom stereocenters. The van der Waals surface area contributed by atoms with Crippen LogP contribution in [-0.4, -0.2) is 18.3 Å². The first-order valence-electron chi connectivity index (χ1n) is 7.09. The number of nitrogens with zero attached hydrogens (tertiary/aromatic N) is 1. The second-order valence-corrected chi connectivity index (χ2v) is 6.88. The summed E-state index contributed by atoms with van der Waals surface area (Å²) in [5.74, 6) is 1.44. The third kappa shape index (κ3) is 2.40. The first-order valence-corrected chi connectivity index (χ1v) is 7.97. The number of thioether (sulfide) groups is 1. The van der Waals surface area contributed by atoms with Crippen LogP contribution in [0.1, 0.15) is 36.8 Å². The van der Waals surface area contributed by atoms with Crippen molar-refractivity contribution >= 4 is 23.3 Å². The van der Waals surface area contributed by atoms with Gasteiger partial charge in [0.1, 0.15) is 0 Å². The van der Waals surface area contributed by atoms with Gasteiger partial charge in [0.15, 0.2) is 5.90 Å². The summed E-state index contributed by atoms with van der Waals surface area (Å²) in [5.41, 5.74) is 3.74. The summed E-state index contributed by atoms with van der Waals surface area (Å²) in [4.78, 5) is 6.19. The second kappa shape index (κ2) is 5.20. The molecule has 3 rings (SSSR count). The number of benzene rings is 1. The minimum absolute atomic E-state index is 0.496. The molecule has 1 aliphatic carbocycles. The number of hydrogen-bond acceptors (Lipinski definition) is 3. The molecule has 0 aromatic heterocycles. The number of methoxy groups -OCH3 is 1. The van der Waals surface area contributed by atoms with E-state index < -0.39 is 0 Å². The van der Waals surface area contributed by atoms with Gasteiger partial charge in [-0.1, -0.05) is 18.9 Å². The Morgan fingerprint density at radius 3 is 2.79 bits per heavy atom. The van der Waals surface area contributed by atoms with Gasteiger partial charge in [-0.05, 0) is 43.9 Å². The standard InChI is InChI=1S/C16H21NOS/c1-10-8-11(2)15-13(9-10)17-16(18-3)12-6-4-5-7-14(12)19-15/h8-9,12,14H,4-7H2,1-3H3. The van der Waals surface area contributed by atoms with E-state index >= 15 is 0 Å². The van der Waals surface area contributed by atoms with Crippen LogP contribution >= 0.6 is 11.8 Å². The zero-order chi connectivity index (χ0) is 13.4. The Balaban J connectivity index is 2.10. The average molecular weight is 275 g/mol. The molecule has 0 saturated heterocycles. The molecule has 0 spiro atoms. The van der Waals surface area contributed by atoms with Crippen molar-refractivity contribution in [1.29, 1.82) is 0 Å². The van der Waals surface area contributed by atoms with Gasteiger partial charge in [-0.15, -0.1) is 11.8 Å². The third-order valence-electron chi connectivity index (χ3n) is 4.13. The van der Waals surface area contributed by atoms with Crippen molar-refractivity contribution in [3.05, 3.63) is 23.3 Å². The van der Waals surface area contributed by atoms with Gasteiger partial charge in [-0.2, -0.15) is 0 Å². The third-order valence-corrected chi connectivity index (χ3v) is 5.76. The first-order chi connectivity index (χ1) is 9.19. The summed E-state index contributed by atoms with van der Waals surface area (Å²) in [6.45, 7) is 4.34. The van der Waals surface area contributed by atoms with E-state index in [1.807, 2.05) is 11.8 Å². The number of aryl methyl sites for hydroxylation is 2. The fourth-order valence-corrected chi connectivity index (χ4v) is 4.71. The number of rotatable bonds is 0. The van der Waals surface area contributed by atoms with Crippen molar-refractivity contribution < 1.29 is 4.74 Å². The lowest BCUT2D eigenvalue weighted by Gasteiger charge is -2.29. The van der Waals surface area contributed by atoms with Crippen molar-refractivity contribution in [2.45, 2.75) is 49.7 Å². The average Bonchev–Trinajstić information content (AvgIpc) is 2.55. The molecule has 102 valence electrons. The number of hydrogen-bond donors (Lipinski definition) is 0. The van der Waals surface area contributed by atoms with Crippen LogP contribution in [0.2, 0.25) is 0 Å². The van der Waals surface area contributed by atoms with E-state index in [0.717, 1.165) is 11.6 Å². The van der Waals surface area contributed by atoms with E-state index in [-0.39, 0.29) is 0 Å². The first kappa shape index (κ1) is 13.0. The molecule has 0 N–H and O–H groups in total. The van der Waals surface area contributed by atoms with Crippen LogP contribution in [0.15, 0.2) is 22.0 Å². The van der Waals surface area contributed by atoms with Gasteiger partial charge >= 0.3 is 0 Å². The monoisotopic (exact) mass is 275 g/mol. The van der Waals surface area contributed by atoms with Crippen LogP contribution in [0.4, 0.5) is 5.69 Å². The molecule has 0 amide bonds. The predicted octanol–water partition coefficient (Wildman–Crippen LogP) is 4.64. The lowest BCUT2D eigenvalue weighted by atomic mass is 9.88. The van der Waals surface area contributed by atoms with Gasteiger partial charge in [-0.25, -0.2) is 4.99 Å². The molecule has 19 heavy (non-hydrogen) atoms. The maximum atomic E-state index is 5.61. The van der Waals surface area contributed by atoms with Gasteiger partial charge in [0, 0.05) is 16.1 Å². The maximum absolute atomic E-state index is 5.61. The van der Waals surface area contributed by atoms with Crippen LogP contribution in [-0.2, 0) is 4.74 Å². The lowest BCUT2D eigenvalue weighted by molar-refractivity contribution is 0.333. The number of fused-ring (bicyclic) bond motifs is 2. The van der Waals surface area contributed by atoms with E-state index in [1.165, 1.54) is 41.7 Å². The topological polar surface area (TPSA) is 21.6 Å². The normalized spacial score (nSPS) is 25.9. The molecule has 1 aromatic rings. The van der Waals surface area contributed by atoms with Crippen LogP contribution in [0.5, 0.6) is 0 Å². The smallest absolute Gasteiger partial charge is 0.192 e. The molecule has 1 heterocycles. The Labute approximate surface area is 119 Å². The van der Waals surface area contributed by atoms with Crippen LogP contribution in [0.3, 0.4) is 0 Å². The van der Waals surface area contributed by atoms with E-state index in [9.17, 15) is 0 Å². The van der Waals surface area contributed by atoms with Crippen molar-refractivity contribution in [3.8, 4) is 0 Å². The Bertz CT molecular complexity index is 524. The molecular weight excluding hydrogens is 254 g/mol. The maximum Gasteiger partial charge on any atom is 0.192 e. The minimum atomic E-state index is 0.496. The van der Waals surface area contributed by atoms with Crippen molar-refractivity contribution in [2.24, 2.45) is 10.9 Å². The molecule has 2 unspecified atom stereocenters. The van der Waals surface area contributed by atoms with E-state index in [2.05, 4.69) is 26.0 Å². The Morgan fingerprint density at radius 2 is 2.00 bits per heavy atom. The number of ether oxygens (including phenoxy) is 1. The molecule has 2 nitrogen and oxygen atoms in total. The molecule has 1 fully saturated rings. The van der Waals surface area contributed by atoms with Gasteiger partial charge < -0.3 is 4.74 Å². The van der Waals surface area contributed by atoms with Crippen molar-refractivity contribution in [1.82, 2.24) is 0 Å². The summed E-state index contributed by atoms with van der Waals surface area (Å²) < 4.78 is 5.61. The Hall–Kier alpha value is -0.960. The minimum Gasteiger partial charge on any atom is -0.484 e. The van der Waals surface area contributed by atoms with Crippen LogP contribution in [0.25, 0.3) is 0 Å². The highest BCUT2D eigenvalue weighted by atomic mass is 32.2. The largest absolute Gasteiger partial charge is 0.484 e. The molecule has 2 aliphatic rings. The lowest BCUT2D eigenvalue weighted by Crippen LogP contribution is -2.29. The molecule has 1 saturated carbocycles. The zero-order valence-corrected chi connectivity index (χ0v) is 12.7. The molecule has 1 aromatic carbocycles. The summed E-state index contributed by atoms with van der Waals surface area (Å²) in [7, 11) is 1.77. The molecule has 1 aliphatic heterocycles. The predicted molar refractivity (Wildman–Crippen MR) is 81.6 cm³/mol. The number of aliphatic imine (C=N–C) groups is 1. The quantitative estimate of drug-likeness (QED) is 0.687. The van der Waals surface area contributed by atoms with Gasteiger partial charge in [0.25, 0.3) is 0 Å². The highest BCUT2D eigenvalue weighted by Crippen LogP contribution is 2.46. The van der Waals surface area contributed by atoms with Crippen LogP contribution in [0, 0.1) is 19.8 Å². The van der Waals surface area contributed by atoms with E-state index in [1.54, 1.807) is 7.11 Å². The summed E-state index contributed by atoms with van der Waals surface area (Å²) in [6.07, 6.45) is 5.14. The fourth-order valence-electron chi connectivity index (χ4n) is 3.24. The van der Waals surface area contributed by atoms with E-state index in [4.69, 9.17) is 9.73 Å². The van der Waals surface area contributed by atoms with E-state index in [0.29, 0.717) is 11.2 Å². The van der Waals surface area contributed by atoms with Crippen molar-refractivity contribution in [2.75, 3.05) is 7.11 Å². The summed E-state index contributed by atoms with van der Waals surface area (Å²) in [5, 5.41) is 0.634. The highest BCUT2D eigenvalue weighted by Gasteiger charge is 2.34. The summed E-state index contributed by atoms with van der Waals surface area (Å²) in [6, 6.07) is 4.45. The molecule has 3 heteroatoms. The highest BCUT2D eigenvalue weighted by molar-refractivity contribution is 8.00. The summed E-state index contributed by atoms with van der Waals surface area (Å²) >= 11 is 2.02. The second-order valence-electron chi connectivity index (χ2n) is 5.63. The van der Waals surface area contributed by atoms with Gasteiger partial charge in [0.2, 0.25) is 0 Å². The Kier molecular flexibility index (Phi) is 3.57. The van der Waals surface area contributed by atoms with Gasteiger partial charge in [-0.3, -0.25) is 0 Å². The van der Waals surface area contributed by atoms with Gasteiger partial charge in [0.05, 0.1) is 12.8 Å². The van der Waals surface area contributed by atoms with Crippen molar-refractivity contribution in [3.63, 3.8) is 0 Å². The molecule has 0 bridgehead atoms. The Morgan fingerprint density at radius 1 is 1.21 bits per heavy atom. The fraction of sp³-hybridized carbons (Fsp3) is 0.562. The molecule has 0 radical (unpaired) electrons. The molecular formula is C16H21NOS. The SMILES string of the molecule is COC1=Nc2cc(C)cc(C)c2SC2CCCCC12.